The van der Waals surface area contributed by atoms with E-state index >= 15 is 0 Å². The summed E-state index contributed by atoms with van der Waals surface area (Å²) in [5, 5.41) is 0. The highest BCUT2D eigenvalue weighted by molar-refractivity contribution is 7.45. The van der Waals surface area contributed by atoms with Gasteiger partial charge in [-0.25, -0.2) is 0 Å². The Hall–Kier alpha value is -1.80. The van der Waals surface area contributed by atoms with Crippen molar-refractivity contribution >= 4 is 13.8 Å². The normalized spacial score (nSPS) is 14.5. The van der Waals surface area contributed by atoms with E-state index in [4.69, 9.17) is 18.5 Å². The van der Waals surface area contributed by atoms with Crippen molar-refractivity contribution < 1.29 is 37.3 Å². The molecule has 0 aromatic rings. The second-order valence-electron chi connectivity index (χ2n) is 14.3. The molecular formula is C42H76NO7P. The van der Waals surface area contributed by atoms with Crippen LogP contribution in [0.4, 0.5) is 0 Å². The van der Waals surface area contributed by atoms with Crippen LogP contribution >= 0.6 is 7.82 Å². The molecular weight excluding hydrogens is 661 g/mol. The number of carbonyl (C=O) groups excluding carboxylic acids is 1. The first-order valence-corrected chi connectivity index (χ1v) is 21.5. The fourth-order valence-electron chi connectivity index (χ4n) is 4.94. The number of esters is 1. The number of carbonyl (C=O) groups is 1. The zero-order valence-electron chi connectivity index (χ0n) is 33.3. The number of ether oxygens (including phenoxy) is 2. The largest absolute Gasteiger partial charge is 0.756 e. The van der Waals surface area contributed by atoms with Crippen LogP contribution in [0.1, 0.15) is 142 Å². The Balaban J connectivity index is 4.35. The minimum absolute atomic E-state index is 0.0152. The Morgan fingerprint density at radius 3 is 1.71 bits per heavy atom. The monoisotopic (exact) mass is 738 g/mol. The van der Waals surface area contributed by atoms with Crippen molar-refractivity contribution in [2.24, 2.45) is 0 Å². The molecule has 0 bridgehead atoms. The third kappa shape index (κ3) is 39.2. The molecule has 0 radical (unpaired) electrons. The number of quaternary nitrogens is 1. The molecule has 2 atom stereocenters. The molecule has 0 aromatic carbocycles. The topological polar surface area (TPSA) is 94.1 Å². The third-order valence-corrected chi connectivity index (χ3v) is 9.02. The number of rotatable bonds is 36. The molecule has 0 aliphatic carbocycles. The third-order valence-electron chi connectivity index (χ3n) is 8.05. The van der Waals surface area contributed by atoms with Crippen LogP contribution < -0.4 is 4.89 Å². The summed E-state index contributed by atoms with van der Waals surface area (Å²) >= 11 is 0. The van der Waals surface area contributed by atoms with Gasteiger partial charge in [0.2, 0.25) is 0 Å². The van der Waals surface area contributed by atoms with E-state index in [0.29, 0.717) is 24.1 Å². The van der Waals surface area contributed by atoms with Crippen LogP contribution in [0.25, 0.3) is 0 Å². The zero-order valence-corrected chi connectivity index (χ0v) is 34.2. The van der Waals surface area contributed by atoms with Crippen LogP contribution in [0.15, 0.2) is 60.8 Å². The lowest BCUT2D eigenvalue weighted by atomic mass is 10.1. The molecule has 0 aliphatic heterocycles. The zero-order chi connectivity index (χ0) is 37.7. The number of likely N-dealkylation sites (N-methyl/N-ethyl adjacent to an activating group) is 1. The number of nitrogens with zero attached hydrogens (tertiary/aromatic N) is 1. The van der Waals surface area contributed by atoms with Crippen molar-refractivity contribution in [3.63, 3.8) is 0 Å². The fraction of sp³-hybridized carbons (Fsp3) is 0.738. The standard InChI is InChI=1S/C42H76NO7P/c1-6-8-10-12-14-16-18-20-21-22-24-26-28-30-32-34-37-47-39-41(40-49-51(45,46)48-38-36-43(3,4)5)50-42(44)35-33-31-29-27-25-23-19-17-15-13-11-9-7-2/h9,11,14-17,20-21,23,25,41H,6-8,10,12-13,18-19,22,24,26-40H2,1-5H3/b11-9-,16-14-,17-15-,21-20-,25-23-. The lowest BCUT2D eigenvalue weighted by Crippen LogP contribution is -2.37. The highest BCUT2D eigenvalue weighted by atomic mass is 31.2. The maximum absolute atomic E-state index is 12.6. The van der Waals surface area contributed by atoms with Gasteiger partial charge >= 0.3 is 5.97 Å². The molecule has 296 valence electrons. The Morgan fingerprint density at radius 1 is 0.627 bits per heavy atom. The van der Waals surface area contributed by atoms with Gasteiger partial charge in [0.15, 0.2) is 0 Å². The minimum atomic E-state index is -4.53. The minimum Gasteiger partial charge on any atom is -0.756 e. The first-order chi connectivity index (χ1) is 24.6. The van der Waals surface area contributed by atoms with E-state index < -0.39 is 13.9 Å². The van der Waals surface area contributed by atoms with Gasteiger partial charge in [-0.2, -0.15) is 0 Å². The van der Waals surface area contributed by atoms with E-state index in [-0.39, 0.29) is 32.2 Å². The van der Waals surface area contributed by atoms with Gasteiger partial charge in [0.25, 0.3) is 7.82 Å². The number of allylic oxidation sites excluding steroid dienone is 10. The number of phosphoric acid groups is 1. The first-order valence-electron chi connectivity index (χ1n) is 20.0. The van der Waals surface area contributed by atoms with E-state index in [1.54, 1.807) is 0 Å². The van der Waals surface area contributed by atoms with Crippen LogP contribution in [-0.2, 0) is 27.9 Å². The van der Waals surface area contributed by atoms with Crippen molar-refractivity contribution in [3.05, 3.63) is 60.8 Å². The summed E-state index contributed by atoms with van der Waals surface area (Å²) in [6, 6.07) is 0. The SMILES string of the molecule is CC/C=C\C/C=C\C/C=C\CCCCCC(=O)OC(COCCCCCCCC/C=C\C/C=C\CCCCC)COP(=O)([O-])OCC[N+](C)(C)C. The van der Waals surface area contributed by atoms with Gasteiger partial charge in [0.1, 0.15) is 19.3 Å². The van der Waals surface area contributed by atoms with Crippen molar-refractivity contribution in [1.29, 1.82) is 0 Å². The highest BCUT2D eigenvalue weighted by Crippen LogP contribution is 2.38. The molecule has 0 N–H and O–H groups in total. The van der Waals surface area contributed by atoms with Crippen molar-refractivity contribution in [2.45, 2.75) is 148 Å². The maximum Gasteiger partial charge on any atom is 0.306 e. The summed E-state index contributed by atoms with van der Waals surface area (Å²) < 4.78 is 34.4. The predicted molar refractivity (Wildman–Crippen MR) is 212 cm³/mol. The Morgan fingerprint density at radius 2 is 1.14 bits per heavy atom. The van der Waals surface area contributed by atoms with Crippen LogP contribution in [0.2, 0.25) is 0 Å². The molecule has 0 aromatic heterocycles. The van der Waals surface area contributed by atoms with Crippen LogP contribution in [-0.4, -0.2) is 70.7 Å². The summed E-state index contributed by atoms with van der Waals surface area (Å²) in [5.74, 6) is -0.370. The molecule has 0 saturated heterocycles. The smallest absolute Gasteiger partial charge is 0.306 e. The molecule has 0 aliphatic rings. The molecule has 0 saturated carbocycles. The van der Waals surface area contributed by atoms with Crippen molar-refractivity contribution in [1.82, 2.24) is 0 Å². The highest BCUT2D eigenvalue weighted by Gasteiger charge is 2.20. The predicted octanol–water partition coefficient (Wildman–Crippen LogP) is 10.7. The van der Waals surface area contributed by atoms with Crippen molar-refractivity contribution in [2.75, 3.05) is 54.1 Å². The van der Waals surface area contributed by atoms with E-state index in [9.17, 15) is 14.3 Å². The molecule has 0 heterocycles. The summed E-state index contributed by atoms with van der Waals surface area (Å²) in [6.45, 7) is 5.18. The van der Waals surface area contributed by atoms with Gasteiger partial charge in [-0.05, 0) is 77.0 Å². The van der Waals surface area contributed by atoms with Gasteiger partial charge in [-0.1, -0.05) is 120 Å². The van der Waals surface area contributed by atoms with E-state index in [0.717, 1.165) is 70.6 Å². The molecule has 0 amide bonds. The van der Waals surface area contributed by atoms with Crippen LogP contribution in [0.3, 0.4) is 0 Å². The average molecular weight is 738 g/mol. The quantitative estimate of drug-likeness (QED) is 0.0208. The lowest BCUT2D eigenvalue weighted by Gasteiger charge is -2.28. The van der Waals surface area contributed by atoms with Gasteiger partial charge < -0.3 is 27.9 Å². The Labute approximate surface area is 313 Å². The Bertz CT molecular complexity index is 1000. The molecule has 2 unspecified atom stereocenters. The summed E-state index contributed by atoms with van der Waals surface area (Å²) in [6.07, 6.45) is 42.3. The van der Waals surface area contributed by atoms with Crippen LogP contribution in [0.5, 0.6) is 0 Å². The molecule has 51 heavy (non-hydrogen) atoms. The maximum atomic E-state index is 12.6. The molecule has 0 fully saturated rings. The average Bonchev–Trinajstić information content (AvgIpc) is 3.08. The molecule has 9 heteroatoms. The van der Waals surface area contributed by atoms with E-state index in [1.165, 1.54) is 44.9 Å². The number of unbranched alkanes of at least 4 members (excludes halogenated alkanes) is 12. The molecule has 8 nitrogen and oxygen atoms in total. The van der Waals surface area contributed by atoms with Crippen molar-refractivity contribution in [3.8, 4) is 0 Å². The number of hydrogen-bond acceptors (Lipinski definition) is 7. The van der Waals surface area contributed by atoms with E-state index in [1.807, 2.05) is 21.1 Å². The van der Waals surface area contributed by atoms with Crippen LogP contribution in [0, 0.1) is 0 Å². The Kier molecular flexibility index (Phi) is 34.0. The second-order valence-corrected chi connectivity index (χ2v) is 15.7. The van der Waals surface area contributed by atoms with Gasteiger partial charge in [-0.3, -0.25) is 9.36 Å². The number of phosphoric ester groups is 1. The number of hydrogen-bond donors (Lipinski definition) is 0. The lowest BCUT2D eigenvalue weighted by molar-refractivity contribution is -0.870. The van der Waals surface area contributed by atoms with Gasteiger partial charge in [0.05, 0.1) is 34.4 Å². The fourth-order valence-corrected chi connectivity index (χ4v) is 5.67. The summed E-state index contributed by atoms with van der Waals surface area (Å²) in [4.78, 5) is 24.9. The molecule has 0 spiro atoms. The first kappa shape index (κ1) is 49.2. The van der Waals surface area contributed by atoms with E-state index in [2.05, 4.69) is 74.6 Å². The summed E-state index contributed by atoms with van der Waals surface area (Å²) in [7, 11) is 1.32. The van der Waals surface area contributed by atoms with Gasteiger partial charge in [0, 0.05) is 13.0 Å². The molecule has 0 rings (SSSR count). The second kappa shape index (κ2) is 35.2. The van der Waals surface area contributed by atoms with Gasteiger partial charge in [-0.15, -0.1) is 0 Å². The summed E-state index contributed by atoms with van der Waals surface area (Å²) in [5.41, 5.74) is 0.